The van der Waals surface area contributed by atoms with Crippen molar-refractivity contribution in [3.05, 3.63) is 42.4 Å². The number of pyridine rings is 1. The number of likely N-dealkylation sites (N-methyl/N-ethyl adjacent to an activating group) is 1. The zero-order chi connectivity index (χ0) is 15.2. The third-order valence-corrected chi connectivity index (χ3v) is 3.96. The zero-order valence-corrected chi connectivity index (χ0v) is 12.9. The predicted molar refractivity (Wildman–Crippen MR) is 87.9 cm³/mol. The molecule has 0 radical (unpaired) electrons. The molecule has 2 aromatic rings. The summed E-state index contributed by atoms with van der Waals surface area (Å²) in [5, 5.41) is 3.26. The van der Waals surface area contributed by atoms with Gasteiger partial charge in [-0.3, -0.25) is 4.98 Å². The van der Waals surface area contributed by atoms with Crippen LogP contribution in [0.2, 0.25) is 0 Å². The molecule has 3 heterocycles. The van der Waals surface area contributed by atoms with Crippen molar-refractivity contribution >= 4 is 11.8 Å². The van der Waals surface area contributed by atoms with E-state index in [0.717, 1.165) is 44.1 Å². The van der Waals surface area contributed by atoms with Crippen molar-refractivity contribution in [1.29, 1.82) is 0 Å². The Labute approximate surface area is 131 Å². The third kappa shape index (κ3) is 3.71. The Morgan fingerprint density at radius 3 is 2.73 bits per heavy atom. The molecule has 3 rings (SSSR count). The summed E-state index contributed by atoms with van der Waals surface area (Å²) in [5.41, 5.74) is 1.12. The minimum atomic E-state index is 0.666. The normalized spacial score (nSPS) is 15.8. The number of nitrogens with one attached hydrogen (secondary N) is 1. The Morgan fingerprint density at radius 2 is 2.00 bits per heavy atom. The molecule has 1 N–H and O–H groups in total. The van der Waals surface area contributed by atoms with Gasteiger partial charge >= 0.3 is 0 Å². The third-order valence-electron chi connectivity index (χ3n) is 3.96. The maximum absolute atomic E-state index is 4.63. The van der Waals surface area contributed by atoms with E-state index in [4.69, 9.17) is 0 Å². The van der Waals surface area contributed by atoms with E-state index in [-0.39, 0.29) is 0 Å². The van der Waals surface area contributed by atoms with E-state index < -0.39 is 0 Å². The highest BCUT2D eigenvalue weighted by Crippen LogP contribution is 2.15. The van der Waals surface area contributed by atoms with Crippen LogP contribution in [-0.4, -0.2) is 52.6 Å². The molecule has 0 aromatic carbocycles. The standard InChI is InChI=1S/C16H22N6/c1-2-21-8-10-22(11-9-21)15-5-7-18-16(20-15)19-13-14-4-3-6-17-12-14/h3-7,12H,2,8-11,13H2,1H3,(H,18,19,20). The van der Waals surface area contributed by atoms with Gasteiger partial charge in [-0.05, 0) is 24.2 Å². The van der Waals surface area contributed by atoms with Crippen molar-refractivity contribution in [2.75, 3.05) is 42.9 Å². The van der Waals surface area contributed by atoms with Crippen LogP contribution >= 0.6 is 0 Å². The molecular formula is C16H22N6. The summed E-state index contributed by atoms with van der Waals surface area (Å²) in [6, 6.07) is 5.95. The minimum Gasteiger partial charge on any atom is -0.354 e. The fourth-order valence-corrected chi connectivity index (χ4v) is 2.59. The molecule has 0 unspecified atom stereocenters. The molecule has 1 fully saturated rings. The quantitative estimate of drug-likeness (QED) is 0.905. The molecule has 1 aliphatic heterocycles. The first-order valence-electron chi connectivity index (χ1n) is 7.78. The van der Waals surface area contributed by atoms with Crippen molar-refractivity contribution in [3.63, 3.8) is 0 Å². The Balaban J connectivity index is 1.60. The van der Waals surface area contributed by atoms with Crippen LogP contribution in [-0.2, 0) is 6.54 Å². The van der Waals surface area contributed by atoms with Gasteiger partial charge in [-0.1, -0.05) is 13.0 Å². The lowest BCUT2D eigenvalue weighted by Crippen LogP contribution is -2.46. The van der Waals surface area contributed by atoms with Gasteiger partial charge in [0.2, 0.25) is 5.95 Å². The van der Waals surface area contributed by atoms with Gasteiger partial charge in [0.15, 0.2) is 0 Å². The Hall–Kier alpha value is -2.21. The second kappa shape index (κ2) is 7.17. The van der Waals surface area contributed by atoms with Crippen LogP contribution in [0.3, 0.4) is 0 Å². The van der Waals surface area contributed by atoms with E-state index in [1.54, 1.807) is 6.20 Å². The smallest absolute Gasteiger partial charge is 0.224 e. The molecule has 1 saturated heterocycles. The van der Waals surface area contributed by atoms with Crippen LogP contribution in [0, 0.1) is 0 Å². The first kappa shape index (κ1) is 14.7. The number of hydrogen-bond acceptors (Lipinski definition) is 6. The predicted octanol–water partition coefficient (Wildman–Crippen LogP) is 1.63. The summed E-state index contributed by atoms with van der Waals surface area (Å²) in [5.74, 6) is 1.67. The van der Waals surface area contributed by atoms with Crippen molar-refractivity contribution in [2.45, 2.75) is 13.5 Å². The number of piperazine rings is 1. The molecule has 0 bridgehead atoms. The highest BCUT2D eigenvalue weighted by molar-refractivity contribution is 5.43. The lowest BCUT2D eigenvalue weighted by molar-refractivity contribution is 0.270. The van der Waals surface area contributed by atoms with E-state index in [1.807, 2.05) is 30.6 Å². The highest BCUT2D eigenvalue weighted by atomic mass is 15.3. The topological polar surface area (TPSA) is 57.2 Å². The molecule has 0 saturated carbocycles. The van der Waals surface area contributed by atoms with Crippen LogP contribution in [0.5, 0.6) is 0 Å². The van der Waals surface area contributed by atoms with E-state index in [9.17, 15) is 0 Å². The van der Waals surface area contributed by atoms with Crippen LogP contribution < -0.4 is 10.2 Å². The van der Waals surface area contributed by atoms with Crippen molar-refractivity contribution in [1.82, 2.24) is 19.9 Å². The fraction of sp³-hybridized carbons (Fsp3) is 0.438. The van der Waals surface area contributed by atoms with Crippen molar-refractivity contribution < 1.29 is 0 Å². The summed E-state index contributed by atoms with van der Waals surface area (Å²) in [4.78, 5) is 17.8. The molecule has 0 aliphatic carbocycles. The second-order valence-corrected chi connectivity index (χ2v) is 5.37. The van der Waals surface area contributed by atoms with Gasteiger partial charge in [0.1, 0.15) is 5.82 Å². The van der Waals surface area contributed by atoms with Crippen molar-refractivity contribution in [2.24, 2.45) is 0 Å². The number of hydrogen-bond donors (Lipinski definition) is 1. The Kier molecular flexibility index (Phi) is 4.80. The minimum absolute atomic E-state index is 0.666. The van der Waals surface area contributed by atoms with Crippen LogP contribution in [0.15, 0.2) is 36.8 Å². The largest absolute Gasteiger partial charge is 0.354 e. The molecule has 0 spiro atoms. The van der Waals surface area contributed by atoms with Crippen molar-refractivity contribution in [3.8, 4) is 0 Å². The van der Waals surface area contributed by atoms with E-state index in [1.165, 1.54) is 0 Å². The maximum atomic E-state index is 4.63. The van der Waals surface area contributed by atoms with Crippen LogP contribution in [0.25, 0.3) is 0 Å². The van der Waals surface area contributed by atoms with Gasteiger partial charge in [-0.25, -0.2) is 4.98 Å². The summed E-state index contributed by atoms with van der Waals surface area (Å²) < 4.78 is 0. The summed E-state index contributed by atoms with van der Waals surface area (Å²) in [6.07, 6.45) is 5.44. The maximum Gasteiger partial charge on any atom is 0.224 e. The molecule has 6 heteroatoms. The Morgan fingerprint density at radius 1 is 1.14 bits per heavy atom. The lowest BCUT2D eigenvalue weighted by atomic mass is 10.3. The van der Waals surface area contributed by atoms with Gasteiger partial charge in [0, 0.05) is 51.3 Å². The molecular weight excluding hydrogens is 276 g/mol. The number of rotatable bonds is 5. The number of anilines is 2. The molecule has 2 aromatic heterocycles. The lowest BCUT2D eigenvalue weighted by Gasteiger charge is -2.34. The molecule has 6 nitrogen and oxygen atoms in total. The molecule has 0 atom stereocenters. The number of aromatic nitrogens is 3. The van der Waals surface area contributed by atoms with E-state index in [0.29, 0.717) is 12.5 Å². The summed E-state index contributed by atoms with van der Waals surface area (Å²) >= 11 is 0. The van der Waals surface area contributed by atoms with Gasteiger partial charge in [0.25, 0.3) is 0 Å². The van der Waals surface area contributed by atoms with Gasteiger partial charge in [0.05, 0.1) is 0 Å². The zero-order valence-electron chi connectivity index (χ0n) is 12.9. The number of nitrogens with zero attached hydrogens (tertiary/aromatic N) is 5. The molecule has 1 aliphatic rings. The summed E-state index contributed by atoms with van der Waals surface area (Å²) in [7, 11) is 0. The monoisotopic (exact) mass is 298 g/mol. The fourth-order valence-electron chi connectivity index (χ4n) is 2.59. The highest BCUT2D eigenvalue weighted by Gasteiger charge is 2.17. The second-order valence-electron chi connectivity index (χ2n) is 5.37. The SMILES string of the molecule is CCN1CCN(c2ccnc(NCc3cccnc3)n2)CC1. The average molecular weight is 298 g/mol. The average Bonchev–Trinajstić information content (AvgIpc) is 2.61. The van der Waals surface area contributed by atoms with Crippen LogP contribution in [0.4, 0.5) is 11.8 Å². The summed E-state index contributed by atoms with van der Waals surface area (Å²) in [6.45, 7) is 8.24. The van der Waals surface area contributed by atoms with Gasteiger partial charge < -0.3 is 15.1 Å². The van der Waals surface area contributed by atoms with Gasteiger partial charge in [-0.15, -0.1) is 0 Å². The van der Waals surface area contributed by atoms with Crippen LogP contribution in [0.1, 0.15) is 12.5 Å². The van der Waals surface area contributed by atoms with Gasteiger partial charge in [-0.2, -0.15) is 4.98 Å². The first-order valence-corrected chi connectivity index (χ1v) is 7.78. The Bertz CT molecular complexity index is 580. The molecule has 22 heavy (non-hydrogen) atoms. The first-order chi connectivity index (χ1) is 10.8. The molecule has 116 valence electrons. The van der Waals surface area contributed by atoms with E-state index in [2.05, 4.69) is 37.0 Å². The molecule has 0 amide bonds. The van der Waals surface area contributed by atoms with E-state index >= 15 is 0 Å².